The molecule has 1 fully saturated rings. The molecular weight excluding hydrogens is 527 g/mol. The van der Waals surface area contributed by atoms with Gasteiger partial charge in [0.25, 0.3) is 0 Å². The molecule has 13 heteroatoms. The quantitative estimate of drug-likeness (QED) is 0.337. The van der Waals surface area contributed by atoms with Gasteiger partial charge < -0.3 is 19.9 Å². The topological polar surface area (TPSA) is 109 Å². The molecule has 0 aliphatic carbocycles. The second-order valence-electron chi connectivity index (χ2n) is 8.39. The molecule has 0 saturated carbocycles. The van der Waals surface area contributed by atoms with Crippen LogP contribution in [0.4, 0.5) is 26.2 Å². The first-order valence-electron chi connectivity index (χ1n) is 11.3. The Labute approximate surface area is 223 Å². The zero-order valence-electron chi connectivity index (χ0n) is 19.8. The molecule has 1 aliphatic heterocycles. The summed E-state index contributed by atoms with van der Waals surface area (Å²) in [4.78, 5) is 30.5. The molecule has 0 unspecified atom stereocenters. The summed E-state index contributed by atoms with van der Waals surface area (Å²) < 4.78 is 31.3. The molecule has 0 radical (unpaired) electrons. The predicted molar refractivity (Wildman–Crippen MR) is 141 cm³/mol. The van der Waals surface area contributed by atoms with Crippen LogP contribution in [0.3, 0.4) is 0 Å². The SMILES string of the molecule is CCc1cnc(N2CCC(n3cc(F)c4c(Nc5ccc(C(=O)O)cc5F)ncnc43)CC2)nc1.Cl.Cl. The smallest absolute Gasteiger partial charge is 0.335 e. The van der Waals surface area contributed by atoms with E-state index in [2.05, 4.69) is 37.1 Å². The molecule has 4 heterocycles. The Balaban J connectivity index is 0.00000190. The van der Waals surface area contributed by atoms with Gasteiger partial charge in [-0.1, -0.05) is 6.92 Å². The molecule has 0 bridgehead atoms. The number of hydrogen-bond acceptors (Lipinski definition) is 7. The first-order chi connectivity index (χ1) is 16.9. The first kappa shape index (κ1) is 28.0. The molecule has 0 spiro atoms. The van der Waals surface area contributed by atoms with E-state index in [9.17, 15) is 9.18 Å². The lowest BCUT2D eigenvalue weighted by Crippen LogP contribution is -2.35. The van der Waals surface area contributed by atoms with Crippen LogP contribution in [0.15, 0.2) is 43.1 Å². The number of piperidine rings is 1. The second-order valence-corrected chi connectivity index (χ2v) is 8.39. The zero-order chi connectivity index (χ0) is 24.5. The Hall–Kier alpha value is -3.57. The van der Waals surface area contributed by atoms with E-state index >= 15 is 4.39 Å². The highest BCUT2D eigenvalue weighted by molar-refractivity contribution is 5.91. The predicted octanol–water partition coefficient (Wildman–Crippen LogP) is 5.19. The Morgan fingerprint density at radius 2 is 1.78 bits per heavy atom. The fourth-order valence-corrected chi connectivity index (χ4v) is 4.33. The number of carboxylic acids is 1. The lowest BCUT2D eigenvalue weighted by Gasteiger charge is -2.32. The van der Waals surface area contributed by atoms with Crippen molar-refractivity contribution in [1.29, 1.82) is 0 Å². The van der Waals surface area contributed by atoms with Crippen molar-refractivity contribution in [2.75, 3.05) is 23.3 Å². The molecule has 196 valence electrons. The van der Waals surface area contributed by atoms with Gasteiger partial charge in [0.1, 0.15) is 23.6 Å². The molecule has 3 aromatic heterocycles. The van der Waals surface area contributed by atoms with E-state index in [1.54, 1.807) is 4.57 Å². The number of halogens is 4. The Bertz CT molecular complexity index is 1390. The Morgan fingerprint density at radius 1 is 1.08 bits per heavy atom. The monoisotopic (exact) mass is 551 g/mol. The number of aromatic carboxylic acids is 1. The van der Waals surface area contributed by atoms with Crippen molar-refractivity contribution >= 4 is 59.3 Å². The van der Waals surface area contributed by atoms with E-state index < -0.39 is 17.6 Å². The largest absolute Gasteiger partial charge is 0.478 e. The highest BCUT2D eigenvalue weighted by atomic mass is 35.5. The van der Waals surface area contributed by atoms with E-state index in [4.69, 9.17) is 5.11 Å². The zero-order valence-corrected chi connectivity index (χ0v) is 21.4. The summed E-state index contributed by atoms with van der Waals surface area (Å²) in [6, 6.07) is 3.47. The second kappa shape index (κ2) is 11.7. The van der Waals surface area contributed by atoms with Crippen molar-refractivity contribution in [3.05, 3.63) is 65.9 Å². The van der Waals surface area contributed by atoms with Gasteiger partial charge in [-0.15, -0.1) is 24.8 Å². The number of fused-ring (bicyclic) bond motifs is 1. The summed E-state index contributed by atoms with van der Waals surface area (Å²) in [5.74, 6) is -1.74. The Morgan fingerprint density at radius 3 is 2.41 bits per heavy atom. The Kier molecular flexibility index (Phi) is 8.82. The minimum atomic E-state index is -1.24. The van der Waals surface area contributed by atoms with Gasteiger partial charge in [-0.25, -0.2) is 33.5 Å². The summed E-state index contributed by atoms with van der Waals surface area (Å²) in [5.41, 5.74) is 1.30. The van der Waals surface area contributed by atoms with Gasteiger partial charge in [0.2, 0.25) is 5.95 Å². The van der Waals surface area contributed by atoms with E-state index in [0.29, 0.717) is 11.6 Å². The van der Waals surface area contributed by atoms with Gasteiger partial charge in [-0.05, 0) is 43.0 Å². The number of carbonyl (C=O) groups is 1. The number of nitrogens with zero attached hydrogens (tertiary/aromatic N) is 6. The first-order valence-corrected chi connectivity index (χ1v) is 11.3. The maximum atomic E-state index is 15.1. The molecule has 1 aromatic carbocycles. The number of anilines is 3. The van der Waals surface area contributed by atoms with Crippen LogP contribution in [0.1, 0.15) is 41.7 Å². The van der Waals surface area contributed by atoms with E-state index in [1.165, 1.54) is 24.7 Å². The number of aromatic nitrogens is 5. The fourth-order valence-electron chi connectivity index (χ4n) is 4.33. The van der Waals surface area contributed by atoms with Gasteiger partial charge in [0.15, 0.2) is 5.82 Å². The van der Waals surface area contributed by atoms with Crippen molar-refractivity contribution in [3.8, 4) is 0 Å². The van der Waals surface area contributed by atoms with Gasteiger partial charge in [-0.2, -0.15) is 0 Å². The molecule has 5 rings (SSSR count). The van der Waals surface area contributed by atoms with Crippen LogP contribution in [0, 0.1) is 11.6 Å². The molecule has 4 aromatic rings. The third-order valence-electron chi connectivity index (χ3n) is 6.27. The van der Waals surface area contributed by atoms with E-state index in [1.807, 2.05) is 12.4 Å². The van der Waals surface area contributed by atoms with Gasteiger partial charge in [0.05, 0.1) is 16.6 Å². The minimum absolute atomic E-state index is 0. The summed E-state index contributed by atoms with van der Waals surface area (Å²) >= 11 is 0. The lowest BCUT2D eigenvalue weighted by molar-refractivity contribution is 0.0696. The van der Waals surface area contributed by atoms with Crippen molar-refractivity contribution < 1.29 is 18.7 Å². The standard InChI is InChI=1S/C24H23F2N7O2.2ClH/c1-2-14-10-27-24(28-11-14)32-7-5-16(6-8-32)33-12-18(26)20-21(29-13-30-22(20)33)31-19-4-3-15(23(34)35)9-17(19)25;;/h3-4,9-13,16H,2,5-8H2,1H3,(H,34,35)(H,29,30,31);2*1H. The van der Waals surface area contributed by atoms with Crippen LogP contribution in [-0.4, -0.2) is 48.7 Å². The molecule has 0 atom stereocenters. The van der Waals surface area contributed by atoms with Crippen LogP contribution in [0.5, 0.6) is 0 Å². The normalized spacial score (nSPS) is 13.6. The molecule has 2 N–H and O–H groups in total. The number of hydrogen-bond donors (Lipinski definition) is 2. The van der Waals surface area contributed by atoms with Crippen LogP contribution >= 0.6 is 24.8 Å². The average molecular weight is 552 g/mol. The summed E-state index contributed by atoms with van der Waals surface area (Å²) in [7, 11) is 0. The summed E-state index contributed by atoms with van der Waals surface area (Å²) in [6.07, 6.45) is 8.76. The third-order valence-corrected chi connectivity index (χ3v) is 6.27. The highest BCUT2D eigenvalue weighted by Crippen LogP contribution is 2.33. The van der Waals surface area contributed by atoms with Crippen LogP contribution in [-0.2, 0) is 6.42 Å². The minimum Gasteiger partial charge on any atom is -0.478 e. The number of nitrogens with one attached hydrogen (secondary N) is 1. The molecule has 9 nitrogen and oxygen atoms in total. The fraction of sp³-hybridized carbons (Fsp3) is 0.292. The molecular formula is C24H25Cl2F2N7O2. The van der Waals surface area contributed by atoms with Crippen molar-refractivity contribution in [2.24, 2.45) is 0 Å². The number of benzene rings is 1. The van der Waals surface area contributed by atoms with Crippen molar-refractivity contribution in [2.45, 2.75) is 32.2 Å². The van der Waals surface area contributed by atoms with Crippen molar-refractivity contribution in [3.63, 3.8) is 0 Å². The van der Waals surface area contributed by atoms with Crippen molar-refractivity contribution in [1.82, 2.24) is 24.5 Å². The maximum Gasteiger partial charge on any atom is 0.335 e. The molecule has 1 aliphatic rings. The van der Waals surface area contributed by atoms with Gasteiger partial charge >= 0.3 is 5.97 Å². The number of carboxylic acid groups (broad SMARTS) is 1. The van der Waals surface area contributed by atoms with Gasteiger partial charge in [0, 0.05) is 37.7 Å². The lowest BCUT2D eigenvalue weighted by atomic mass is 10.1. The third kappa shape index (κ3) is 5.57. The van der Waals surface area contributed by atoms with Gasteiger partial charge in [-0.3, -0.25) is 0 Å². The molecule has 0 amide bonds. The average Bonchev–Trinajstić information content (AvgIpc) is 3.22. The highest BCUT2D eigenvalue weighted by Gasteiger charge is 2.26. The van der Waals surface area contributed by atoms with Crippen LogP contribution < -0.4 is 10.2 Å². The summed E-state index contributed by atoms with van der Waals surface area (Å²) in [5, 5.41) is 12.0. The number of rotatable bonds is 6. The summed E-state index contributed by atoms with van der Waals surface area (Å²) in [6.45, 7) is 3.49. The molecule has 37 heavy (non-hydrogen) atoms. The van der Waals surface area contributed by atoms with Crippen LogP contribution in [0.2, 0.25) is 0 Å². The number of aryl methyl sites for hydroxylation is 1. The van der Waals surface area contributed by atoms with Crippen LogP contribution in [0.25, 0.3) is 11.0 Å². The maximum absolute atomic E-state index is 15.1. The van der Waals surface area contributed by atoms with E-state index in [0.717, 1.165) is 44.0 Å². The molecule has 1 saturated heterocycles. The van der Waals surface area contributed by atoms with E-state index in [-0.39, 0.29) is 53.3 Å².